The highest BCUT2D eigenvalue weighted by Crippen LogP contribution is 2.04. The van der Waals surface area contributed by atoms with Crippen LogP contribution in [0.2, 0.25) is 0 Å². The van der Waals surface area contributed by atoms with Crippen LogP contribution in [0.3, 0.4) is 0 Å². The van der Waals surface area contributed by atoms with Gasteiger partial charge in [-0.25, -0.2) is 0 Å². The fourth-order valence-corrected chi connectivity index (χ4v) is 1.55. The van der Waals surface area contributed by atoms with E-state index < -0.39 is 0 Å². The number of ketones is 1. The lowest BCUT2D eigenvalue weighted by Crippen LogP contribution is -1.90. The summed E-state index contributed by atoms with van der Waals surface area (Å²) in [5, 5.41) is 3.04. The van der Waals surface area contributed by atoms with Crippen LogP contribution < -0.4 is 5.32 Å². The molecule has 2 aromatic carbocycles. The Morgan fingerprint density at radius 2 is 1.47 bits per heavy atom. The van der Waals surface area contributed by atoms with E-state index in [2.05, 4.69) is 5.32 Å². The monoisotopic (exact) mass is 249 g/mol. The van der Waals surface area contributed by atoms with E-state index in [1.165, 1.54) is 6.08 Å². The van der Waals surface area contributed by atoms with Crippen molar-refractivity contribution in [2.24, 2.45) is 0 Å². The first kappa shape index (κ1) is 12.8. The highest BCUT2D eigenvalue weighted by atomic mass is 16.1. The third kappa shape index (κ3) is 4.64. The summed E-state index contributed by atoms with van der Waals surface area (Å²) in [6, 6.07) is 19.4. The fourth-order valence-electron chi connectivity index (χ4n) is 1.55. The first-order valence-electron chi connectivity index (χ1n) is 6.10. The number of anilines is 1. The zero-order chi connectivity index (χ0) is 13.3. The smallest absolute Gasteiger partial charge is 0.180 e. The van der Waals surface area contributed by atoms with E-state index >= 15 is 0 Å². The van der Waals surface area contributed by atoms with E-state index in [0.717, 1.165) is 11.3 Å². The van der Waals surface area contributed by atoms with Crippen LogP contribution in [0.15, 0.2) is 79.0 Å². The van der Waals surface area contributed by atoms with Crippen molar-refractivity contribution in [3.8, 4) is 0 Å². The number of benzene rings is 2. The Kier molecular flexibility index (Phi) is 4.71. The lowest BCUT2D eigenvalue weighted by Gasteiger charge is -1.97. The molecule has 0 unspecified atom stereocenters. The van der Waals surface area contributed by atoms with Crippen molar-refractivity contribution >= 4 is 17.5 Å². The molecule has 0 aliphatic carbocycles. The Bertz CT molecular complexity index is 571. The summed E-state index contributed by atoms with van der Waals surface area (Å²) >= 11 is 0. The van der Waals surface area contributed by atoms with E-state index in [9.17, 15) is 4.79 Å². The predicted octanol–water partition coefficient (Wildman–Crippen LogP) is 3.89. The van der Waals surface area contributed by atoms with E-state index in [4.69, 9.17) is 0 Å². The lowest BCUT2D eigenvalue weighted by molar-refractivity contribution is -0.110. The fraction of sp³-hybridized carbons (Fsp3) is 0. The summed E-state index contributed by atoms with van der Waals surface area (Å²) < 4.78 is 0. The maximum absolute atomic E-state index is 11.6. The molecule has 0 spiro atoms. The summed E-state index contributed by atoms with van der Waals surface area (Å²) in [5.41, 5.74) is 1.97. The highest BCUT2D eigenvalue weighted by molar-refractivity contribution is 6.02. The molecule has 0 saturated carbocycles. The number of carbonyl (C=O) groups excluding carboxylic acids is 1. The minimum absolute atomic E-state index is 0.0488. The van der Waals surface area contributed by atoms with Gasteiger partial charge in [-0.3, -0.25) is 4.79 Å². The van der Waals surface area contributed by atoms with Gasteiger partial charge in [0.1, 0.15) is 0 Å². The molecule has 94 valence electrons. The molecular weight excluding hydrogens is 234 g/mol. The van der Waals surface area contributed by atoms with Gasteiger partial charge in [-0.2, -0.15) is 0 Å². The van der Waals surface area contributed by atoms with Crippen LogP contribution in [0.1, 0.15) is 5.56 Å². The van der Waals surface area contributed by atoms with Crippen LogP contribution in [0.25, 0.3) is 6.08 Å². The largest absolute Gasteiger partial charge is 0.362 e. The van der Waals surface area contributed by atoms with Crippen LogP contribution in [0, 0.1) is 0 Å². The van der Waals surface area contributed by atoms with Crippen molar-refractivity contribution in [3.63, 3.8) is 0 Å². The molecule has 0 radical (unpaired) electrons. The van der Waals surface area contributed by atoms with Gasteiger partial charge in [-0.1, -0.05) is 54.6 Å². The summed E-state index contributed by atoms with van der Waals surface area (Å²) in [4.78, 5) is 11.6. The molecule has 0 aromatic heterocycles. The number of rotatable bonds is 5. The molecule has 1 N–H and O–H groups in total. The molecule has 0 bridgehead atoms. The van der Waals surface area contributed by atoms with Gasteiger partial charge in [0, 0.05) is 18.0 Å². The second kappa shape index (κ2) is 6.97. The zero-order valence-corrected chi connectivity index (χ0v) is 10.5. The summed E-state index contributed by atoms with van der Waals surface area (Å²) in [5.74, 6) is -0.0488. The Morgan fingerprint density at radius 1 is 0.842 bits per heavy atom. The Balaban J connectivity index is 1.86. The normalized spacial score (nSPS) is 10.9. The quantitative estimate of drug-likeness (QED) is 0.814. The lowest BCUT2D eigenvalue weighted by atomic mass is 10.2. The van der Waals surface area contributed by atoms with Crippen LogP contribution >= 0.6 is 0 Å². The third-order valence-corrected chi connectivity index (χ3v) is 2.51. The standard InChI is InChI=1S/C17H15NO/c19-17(12-11-15-7-3-1-4-8-15)13-14-18-16-9-5-2-6-10-16/h1-14,18H. The number of allylic oxidation sites excluding steroid dienone is 2. The Labute approximate surface area is 113 Å². The van der Waals surface area contributed by atoms with Gasteiger partial charge in [-0.05, 0) is 23.8 Å². The minimum Gasteiger partial charge on any atom is -0.362 e. The average Bonchev–Trinajstić information content (AvgIpc) is 2.47. The number of hydrogen-bond donors (Lipinski definition) is 1. The van der Waals surface area contributed by atoms with Crippen molar-refractivity contribution < 1.29 is 4.79 Å². The molecule has 19 heavy (non-hydrogen) atoms. The molecule has 0 atom stereocenters. The van der Waals surface area contributed by atoms with Gasteiger partial charge in [0.15, 0.2) is 5.78 Å². The van der Waals surface area contributed by atoms with E-state index in [-0.39, 0.29) is 5.78 Å². The van der Waals surface area contributed by atoms with Crippen LogP contribution in [-0.4, -0.2) is 5.78 Å². The molecule has 2 rings (SSSR count). The van der Waals surface area contributed by atoms with E-state index in [1.54, 1.807) is 18.4 Å². The minimum atomic E-state index is -0.0488. The topological polar surface area (TPSA) is 29.1 Å². The maximum Gasteiger partial charge on any atom is 0.180 e. The van der Waals surface area contributed by atoms with E-state index in [1.807, 2.05) is 60.7 Å². The third-order valence-electron chi connectivity index (χ3n) is 2.51. The Morgan fingerprint density at radius 3 is 2.16 bits per heavy atom. The van der Waals surface area contributed by atoms with Crippen molar-refractivity contribution in [1.82, 2.24) is 0 Å². The first-order chi connectivity index (χ1) is 9.34. The molecular formula is C17H15NO. The van der Waals surface area contributed by atoms with Gasteiger partial charge < -0.3 is 5.32 Å². The molecule has 2 aromatic rings. The number of para-hydroxylation sites is 1. The van der Waals surface area contributed by atoms with Crippen molar-refractivity contribution in [2.75, 3.05) is 5.32 Å². The highest BCUT2D eigenvalue weighted by Gasteiger charge is 1.90. The number of hydrogen-bond acceptors (Lipinski definition) is 2. The zero-order valence-electron chi connectivity index (χ0n) is 10.5. The van der Waals surface area contributed by atoms with Crippen molar-refractivity contribution in [2.45, 2.75) is 0 Å². The Hall–Kier alpha value is -2.61. The first-order valence-corrected chi connectivity index (χ1v) is 6.10. The molecule has 2 nitrogen and oxygen atoms in total. The van der Waals surface area contributed by atoms with Gasteiger partial charge >= 0.3 is 0 Å². The van der Waals surface area contributed by atoms with Gasteiger partial charge in [0.05, 0.1) is 0 Å². The predicted molar refractivity (Wildman–Crippen MR) is 79.7 cm³/mol. The summed E-state index contributed by atoms with van der Waals surface area (Å²) in [6.45, 7) is 0. The average molecular weight is 249 g/mol. The van der Waals surface area contributed by atoms with Crippen molar-refractivity contribution in [3.05, 3.63) is 84.6 Å². The van der Waals surface area contributed by atoms with Gasteiger partial charge in [0.25, 0.3) is 0 Å². The molecule has 0 aliphatic rings. The van der Waals surface area contributed by atoms with Gasteiger partial charge in [0.2, 0.25) is 0 Å². The van der Waals surface area contributed by atoms with Crippen molar-refractivity contribution in [1.29, 1.82) is 0 Å². The summed E-state index contributed by atoms with van der Waals surface area (Å²) in [6.07, 6.45) is 6.51. The van der Waals surface area contributed by atoms with Crippen LogP contribution in [0.4, 0.5) is 5.69 Å². The maximum atomic E-state index is 11.6. The SMILES string of the molecule is O=C(C=CNc1ccccc1)C=Cc1ccccc1. The molecule has 0 amide bonds. The molecule has 0 fully saturated rings. The second-order valence-corrected chi connectivity index (χ2v) is 3.99. The van der Waals surface area contributed by atoms with E-state index in [0.29, 0.717) is 0 Å². The molecule has 2 heteroatoms. The molecule has 0 heterocycles. The van der Waals surface area contributed by atoms with Crippen LogP contribution in [-0.2, 0) is 4.79 Å². The summed E-state index contributed by atoms with van der Waals surface area (Å²) in [7, 11) is 0. The van der Waals surface area contributed by atoms with Crippen LogP contribution in [0.5, 0.6) is 0 Å². The molecule has 0 saturated heterocycles. The molecule has 0 aliphatic heterocycles. The van der Waals surface area contributed by atoms with Gasteiger partial charge in [-0.15, -0.1) is 0 Å². The second-order valence-electron chi connectivity index (χ2n) is 3.99. The number of carbonyl (C=O) groups is 1. The number of nitrogens with one attached hydrogen (secondary N) is 1.